The molecule has 0 radical (unpaired) electrons. The van der Waals surface area contributed by atoms with Crippen LogP contribution in [0.3, 0.4) is 0 Å². The molecule has 0 heterocycles. The highest BCUT2D eigenvalue weighted by Gasteiger charge is 2.29. The third kappa shape index (κ3) is 6.58. The maximum absolute atomic E-state index is 12.7. The second-order valence-electron chi connectivity index (χ2n) is 7.48. The number of para-hydroxylation sites is 1. The molecule has 1 atom stereocenters. The first kappa shape index (κ1) is 24.8. The van der Waals surface area contributed by atoms with Gasteiger partial charge in [0, 0.05) is 5.56 Å². The molecule has 0 bridgehead atoms. The van der Waals surface area contributed by atoms with Crippen LogP contribution in [0.5, 0.6) is 11.5 Å². The lowest BCUT2D eigenvalue weighted by molar-refractivity contribution is -0.121. The molecule has 0 spiro atoms. The maximum Gasteiger partial charge on any atom is 0.263 e. The van der Waals surface area contributed by atoms with Gasteiger partial charge in [-0.05, 0) is 48.9 Å². The van der Waals surface area contributed by atoms with Gasteiger partial charge >= 0.3 is 0 Å². The Morgan fingerprint density at radius 2 is 1.68 bits per heavy atom. The van der Waals surface area contributed by atoms with Crippen LogP contribution in [-0.4, -0.2) is 39.9 Å². The SMILES string of the molecule is COc1ccc(N([C@H](C)C(=O)N/N=C\c2ccccc2OCc2ccccc2)S(C)(=O)=O)cc1. The standard InChI is InChI=1S/C25H27N3O5S/c1-19(28(34(3,30)31)22-13-15-23(32-2)16-14-22)25(29)27-26-17-21-11-7-8-12-24(21)33-18-20-9-5-4-6-10-20/h4-17,19H,18H2,1-3H3,(H,27,29)/b26-17-/t19-/m1/s1. The van der Waals surface area contributed by atoms with Gasteiger partial charge < -0.3 is 9.47 Å². The van der Waals surface area contributed by atoms with Gasteiger partial charge in [0.2, 0.25) is 10.0 Å². The lowest BCUT2D eigenvalue weighted by atomic mass is 10.2. The number of benzene rings is 3. The summed E-state index contributed by atoms with van der Waals surface area (Å²) in [5.74, 6) is 0.598. The van der Waals surface area contributed by atoms with Crippen LogP contribution < -0.4 is 19.2 Å². The average molecular weight is 482 g/mol. The van der Waals surface area contributed by atoms with E-state index in [-0.39, 0.29) is 0 Å². The van der Waals surface area contributed by atoms with Crippen LogP contribution in [0, 0.1) is 0 Å². The largest absolute Gasteiger partial charge is 0.497 e. The van der Waals surface area contributed by atoms with E-state index in [4.69, 9.17) is 9.47 Å². The molecule has 0 aromatic heterocycles. The van der Waals surface area contributed by atoms with Crippen LogP contribution in [0.15, 0.2) is 84.0 Å². The number of hydrogen-bond donors (Lipinski definition) is 1. The summed E-state index contributed by atoms with van der Waals surface area (Å²) in [4.78, 5) is 12.7. The molecule has 9 heteroatoms. The van der Waals surface area contributed by atoms with Gasteiger partial charge in [-0.15, -0.1) is 0 Å². The summed E-state index contributed by atoms with van der Waals surface area (Å²) in [5, 5.41) is 4.02. The highest BCUT2D eigenvalue weighted by molar-refractivity contribution is 7.92. The Kier molecular flexibility index (Phi) is 8.26. The Balaban J connectivity index is 1.69. The molecule has 0 saturated carbocycles. The molecule has 3 aromatic rings. The first-order chi connectivity index (χ1) is 16.3. The molecule has 0 aliphatic carbocycles. The fourth-order valence-corrected chi connectivity index (χ4v) is 4.43. The minimum absolute atomic E-state index is 0.342. The van der Waals surface area contributed by atoms with E-state index in [2.05, 4.69) is 10.5 Å². The van der Waals surface area contributed by atoms with Gasteiger partial charge in [0.25, 0.3) is 5.91 Å². The highest BCUT2D eigenvalue weighted by atomic mass is 32.2. The molecule has 3 aromatic carbocycles. The quantitative estimate of drug-likeness (QED) is 0.353. The summed E-state index contributed by atoms with van der Waals surface area (Å²) in [5.41, 5.74) is 4.46. The smallest absolute Gasteiger partial charge is 0.263 e. The number of ether oxygens (including phenoxy) is 2. The van der Waals surface area contributed by atoms with Crippen LogP contribution in [0.1, 0.15) is 18.1 Å². The number of nitrogens with one attached hydrogen (secondary N) is 1. The minimum atomic E-state index is -3.74. The summed E-state index contributed by atoms with van der Waals surface area (Å²) in [6.45, 7) is 1.88. The minimum Gasteiger partial charge on any atom is -0.497 e. The summed E-state index contributed by atoms with van der Waals surface area (Å²) >= 11 is 0. The highest BCUT2D eigenvalue weighted by Crippen LogP contribution is 2.24. The summed E-state index contributed by atoms with van der Waals surface area (Å²) in [6.07, 6.45) is 2.51. The Bertz CT molecular complexity index is 1230. The number of sulfonamides is 1. The molecule has 178 valence electrons. The Morgan fingerprint density at radius 3 is 2.32 bits per heavy atom. The van der Waals surface area contributed by atoms with Gasteiger partial charge in [0.15, 0.2) is 0 Å². The van der Waals surface area contributed by atoms with Crippen molar-refractivity contribution in [3.63, 3.8) is 0 Å². The molecular weight excluding hydrogens is 454 g/mol. The Hall–Kier alpha value is -3.85. The number of methoxy groups -OCH3 is 1. The molecule has 34 heavy (non-hydrogen) atoms. The van der Waals surface area contributed by atoms with Gasteiger partial charge in [-0.1, -0.05) is 42.5 Å². The number of hydrogen-bond acceptors (Lipinski definition) is 6. The normalized spacial score (nSPS) is 12.2. The van der Waals surface area contributed by atoms with Crippen molar-refractivity contribution in [2.24, 2.45) is 5.10 Å². The summed E-state index contributed by atoms with van der Waals surface area (Å²) < 4.78 is 36.9. The average Bonchev–Trinajstić information content (AvgIpc) is 2.83. The molecule has 1 N–H and O–H groups in total. The molecule has 0 saturated heterocycles. The first-order valence-electron chi connectivity index (χ1n) is 10.5. The van der Waals surface area contributed by atoms with Crippen molar-refractivity contribution in [1.29, 1.82) is 0 Å². The Labute approximate surface area is 199 Å². The summed E-state index contributed by atoms with van der Waals surface area (Å²) in [7, 11) is -2.22. The fraction of sp³-hybridized carbons (Fsp3) is 0.200. The second kappa shape index (κ2) is 11.3. The predicted octanol–water partition coefficient (Wildman–Crippen LogP) is 3.58. The third-order valence-electron chi connectivity index (χ3n) is 4.95. The monoisotopic (exact) mass is 481 g/mol. The van der Waals surface area contributed by atoms with E-state index in [1.807, 2.05) is 48.5 Å². The van der Waals surface area contributed by atoms with E-state index in [1.165, 1.54) is 20.2 Å². The van der Waals surface area contributed by atoms with Crippen molar-refractivity contribution < 1.29 is 22.7 Å². The lowest BCUT2D eigenvalue weighted by Crippen LogP contribution is -2.46. The van der Waals surface area contributed by atoms with Crippen molar-refractivity contribution in [3.05, 3.63) is 90.0 Å². The number of nitrogens with zero attached hydrogens (tertiary/aromatic N) is 2. The van der Waals surface area contributed by atoms with E-state index < -0.39 is 22.0 Å². The first-order valence-corrected chi connectivity index (χ1v) is 12.4. The molecule has 0 unspecified atom stereocenters. The third-order valence-corrected chi connectivity index (χ3v) is 6.19. The van der Waals surface area contributed by atoms with Gasteiger partial charge in [-0.2, -0.15) is 5.10 Å². The number of rotatable bonds is 10. The predicted molar refractivity (Wildman–Crippen MR) is 133 cm³/mol. The number of anilines is 1. The lowest BCUT2D eigenvalue weighted by Gasteiger charge is -2.27. The van der Waals surface area contributed by atoms with Crippen LogP contribution in [0.4, 0.5) is 5.69 Å². The zero-order valence-electron chi connectivity index (χ0n) is 19.2. The summed E-state index contributed by atoms with van der Waals surface area (Å²) in [6, 6.07) is 22.4. The van der Waals surface area contributed by atoms with Gasteiger partial charge in [0.05, 0.1) is 25.3 Å². The fourth-order valence-electron chi connectivity index (χ4n) is 3.25. The topological polar surface area (TPSA) is 97.3 Å². The van der Waals surface area contributed by atoms with Crippen LogP contribution in [0.2, 0.25) is 0 Å². The van der Waals surface area contributed by atoms with Crippen LogP contribution >= 0.6 is 0 Å². The maximum atomic E-state index is 12.7. The number of hydrazone groups is 1. The van der Waals surface area contributed by atoms with E-state index in [1.54, 1.807) is 30.3 Å². The van der Waals surface area contributed by atoms with Crippen LogP contribution in [-0.2, 0) is 21.4 Å². The van der Waals surface area contributed by atoms with Gasteiger partial charge in [-0.25, -0.2) is 13.8 Å². The Morgan fingerprint density at radius 1 is 1.03 bits per heavy atom. The van der Waals surface area contributed by atoms with Crippen LogP contribution in [0.25, 0.3) is 0 Å². The van der Waals surface area contributed by atoms with Gasteiger partial charge in [0.1, 0.15) is 24.1 Å². The van der Waals surface area contributed by atoms with E-state index in [0.717, 1.165) is 16.1 Å². The van der Waals surface area contributed by atoms with Crippen molar-refractivity contribution in [3.8, 4) is 11.5 Å². The molecule has 0 aliphatic rings. The number of amides is 1. The van der Waals surface area contributed by atoms with Crippen molar-refractivity contribution in [2.75, 3.05) is 17.7 Å². The van der Waals surface area contributed by atoms with Crippen molar-refractivity contribution in [2.45, 2.75) is 19.6 Å². The van der Waals surface area contributed by atoms with E-state index in [9.17, 15) is 13.2 Å². The van der Waals surface area contributed by atoms with Gasteiger partial charge in [-0.3, -0.25) is 9.10 Å². The molecule has 1 amide bonds. The molecule has 8 nitrogen and oxygen atoms in total. The molecule has 3 rings (SSSR count). The van der Waals surface area contributed by atoms with E-state index >= 15 is 0 Å². The molecule has 0 fully saturated rings. The zero-order valence-corrected chi connectivity index (χ0v) is 20.0. The van der Waals surface area contributed by atoms with Crippen molar-refractivity contribution >= 4 is 27.8 Å². The van der Waals surface area contributed by atoms with E-state index in [0.29, 0.717) is 29.4 Å². The molecule has 0 aliphatic heterocycles. The number of carbonyl (C=O) groups is 1. The zero-order chi connectivity index (χ0) is 24.6. The van der Waals surface area contributed by atoms with Crippen molar-refractivity contribution in [1.82, 2.24) is 5.43 Å². The second-order valence-corrected chi connectivity index (χ2v) is 9.34. The molecular formula is C25H27N3O5S. The number of carbonyl (C=O) groups excluding carboxylic acids is 1.